The third kappa shape index (κ3) is 3.20. The van der Waals surface area contributed by atoms with Gasteiger partial charge in [0.05, 0.1) is 17.6 Å². The summed E-state index contributed by atoms with van der Waals surface area (Å²) in [5.74, 6) is 1.46. The van der Waals surface area contributed by atoms with E-state index in [1.54, 1.807) is 0 Å². The molecule has 1 heterocycles. The Morgan fingerprint density at radius 3 is 2.70 bits per heavy atom. The number of rotatable bonds is 6. The second-order valence-corrected chi connectivity index (χ2v) is 5.03. The summed E-state index contributed by atoms with van der Waals surface area (Å²) < 4.78 is 11.1. The predicted octanol–water partition coefficient (Wildman–Crippen LogP) is 1.10. The zero-order valence-electron chi connectivity index (χ0n) is 11.5. The number of benzene rings is 1. The number of hydrogen-bond donors (Lipinski definition) is 2. The van der Waals surface area contributed by atoms with Gasteiger partial charge in [-0.25, -0.2) is 0 Å². The van der Waals surface area contributed by atoms with Crippen molar-refractivity contribution in [2.75, 3.05) is 32.9 Å². The molecule has 1 atom stereocenters. The van der Waals surface area contributed by atoms with Crippen LogP contribution in [0.4, 0.5) is 0 Å². The van der Waals surface area contributed by atoms with E-state index in [0.717, 1.165) is 23.6 Å². The number of nitrogens with two attached hydrogens (primary N) is 1. The molecule has 0 radical (unpaired) electrons. The lowest BCUT2D eigenvalue weighted by Gasteiger charge is -2.30. The fourth-order valence-electron chi connectivity index (χ4n) is 2.38. The van der Waals surface area contributed by atoms with Crippen molar-refractivity contribution in [1.29, 1.82) is 0 Å². The minimum Gasteiger partial charge on any atom is -0.486 e. The highest BCUT2D eigenvalue weighted by Crippen LogP contribution is 2.34. The molecule has 1 unspecified atom stereocenters. The molecule has 1 aromatic carbocycles. The molecular weight excluding hydrogens is 276 g/mol. The molecule has 20 heavy (non-hydrogen) atoms. The number of nitrogens with zero attached hydrogens (tertiary/aromatic N) is 1. The minimum absolute atomic E-state index is 0.0670. The van der Waals surface area contributed by atoms with Crippen molar-refractivity contribution in [3.8, 4) is 11.5 Å². The summed E-state index contributed by atoms with van der Waals surface area (Å²) >= 11 is 5.19. The van der Waals surface area contributed by atoms with Gasteiger partial charge in [-0.2, -0.15) is 0 Å². The number of fused-ring (bicyclic) bond motifs is 1. The number of likely N-dealkylation sites (N-methyl/N-ethyl adjacent to an activating group) is 1. The minimum atomic E-state index is -0.210. The van der Waals surface area contributed by atoms with Crippen LogP contribution >= 0.6 is 12.2 Å². The summed E-state index contributed by atoms with van der Waals surface area (Å²) in [5, 5.41) is 9.17. The summed E-state index contributed by atoms with van der Waals surface area (Å²) in [5.41, 5.74) is 6.84. The number of aliphatic hydroxyl groups is 1. The molecule has 5 nitrogen and oxygen atoms in total. The second-order valence-electron chi connectivity index (χ2n) is 4.56. The number of ether oxygens (including phenoxy) is 2. The Kier molecular flexibility index (Phi) is 5.17. The Labute approximate surface area is 124 Å². The second kappa shape index (κ2) is 6.88. The van der Waals surface area contributed by atoms with Crippen LogP contribution in [0.2, 0.25) is 0 Å². The van der Waals surface area contributed by atoms with Gasteiger partial charge in [-0.05, 0) is 24.2 Å². The van der Waals surface area contributed by atoms with E-state index >= 15 is 0 Å². The molecule has 1 aliphatic heterocycles. The smallest absolute Gasteiger partial charge is 0.161 e. The van der Waals surface area contributed by atoms with Gasteiger partial charge in [0.2, 0.25) is 0 Å². The largest absolute Gasteiger partial charge is 0.486 e. The maximum absolute atomic E-state index is 9.17. The molecular formula is C14H20N2O3S. The monoisotopic (exact) mass is 296 g/mol. The maximum Gasteiger partial charge on any atom is 0.161 e. The number of aliphatic hydroxyl groups excluding tert-OH is 1. The highest BCUT2D eigenvalue weighted by atomic mass is 32.1. The lowest BCUT2D eigenvalue weighted by Crippen LogP contribution is -2.38. The van der Waals surface area contributed by atoms with E-state index in [-0.39, 0.29) is 12.6 Å². The van der Waals surface area contributed by atoms with Crippen LogP contribution in [0.15, 0.2) is 18.2 Å². The Morgan fingerprint density at radius 2 is 2.10 bits per heavy atom. The molecule has 6 heteroatoms. The number of hydrogen-bond acceptors (Lipinski definition) is 5. The SMILES string of the molecule is CCN(CCO)C(C(N)=S)c1ccc2c(c1)OCCO2. The van der Waals surface area contributed by atoms with E-state index in [9.17, 15) is 0 Å². The predicted molar refractivity (Wildman–Crippen MR) is 81.3 cm³/mol. The van der Waals surface area contributed by atoms with Crippen molar-refractivity contribution >= 4 is 17.2 Å². The standard InChI is InChI=1S/C14H20N2O3S/c1-2-16(5-6-17)13(14(15)20)10-3-4-11-12(9-10)19-8-7-18-11/h3-4,9,13,17H,2,5-8H2,1H3,(H2,15,20). The van der Waals surface area contributed by atoms with Gasteiger partial charge in [-0.3, -0.25) is 4.90 Å². The molecule has 1 aliphatic rings. The third-order valence-electron chi connectivity index (χ3n) is 3.31. The Balaban J connectivity index is 2.31. The van der Waals surface area contributed by atoms with E-state index < -0.39 is 0 Å². The normalized spacial score (nSPS) is 15.2. The first-order valence-electron chi connectivity index (χ1n) is 6.71. The highest BCUT2D eigenvalue weighted by Gasteiger charge is 2.23. The molecule has 1 aromatic rings. The summed E-state index contributed by atoms with van der Waals surface area (Å²) in [6.45, 7) is 4.46. The van der Waals surface area contributed by atoms with Crippen LogP contribution in [-0.2, 0) is 0 Å². The zero-order valence-corrected chi connectivity index (χ0v) is 12.4. The lowest BCUT2D eigenvalue weighted by atomic mass is 10.0. The van der Waals surface area contributed by atoms with Crippen LogP contribution in [0.25, 0.3) is 0 Å². The Bertz CT molecular complexity index is 481. The van der Waals surface area contributed by atoms with Crippen molar-refractivity contribution in [3.63, 3.8) is 0 Å². The van der Waals surface area contributed by atoms with Crippen molar-refractivity contribution in [2.24, 2.45) is 5.73 Å². The Morgan fingerprint density at radius 1 is 1.40 bits per heavy atom. The van der Waals surface area contributed by atoms with Crippen LogP contribution < -0.4 is 15.2 Å². The fourth-order valence-corrected chi connectivity index (χ4v) is 2.67. The zero-order chi connectivity index (χ0) is 14.5. The summed E-state index contributed by atoms with van der Waals surface area (Å²) in [4.78, 5) is 2.42. The molecule has 0 fully saturated rings. The van der Waals surface area contributed by atoms with Gasteiger partial charge in [-0.1, -0.05) is 25.2 Å². The van der Waals surface area contributed by atoms with Gasteiger partial charge >= 0.3 is 0 Å². The summed E-state index contributed by atoms with van der Waals surface area (Å²) in [6, 6.07) is 5.52. The first kappa shape index (κ1) is 15.0. The third-order valence-corrected chi connectivity index (χ3v) is 3.53. The quantitative estimate of drug-likeness (QED) is 0.766. The van der Waals surface area contributed by atoms with Crippen LogP contribution in [0.1, 0.15) is 18.5 Å². The van der Waals surface area contributed by atoms with E-state index in [0.29, 0.717) is 24.7 Å². The van der Waals surface area contributed by atoms with Gasteiger partial charge in [0.1, 0.15) is 13.2 Å². The van der Waals surface area contributed by atoms with Crippen LogP contribution in [0.5, 0.6) is 11.5 Å². The van der Waals surface area contributed by atoms with E-state index in [1.807, 2.05) is 30.0 Å². The van der Waals surface area contributed by atoms with Crippen LogP contribution in [-0.4, -0.2) is 47.9 Å². The van der Waals surface area contributed by atoms with Gasteiger partial charge < -0.3 is 20.3 Å². The van der Waals surface area contributed by atoms with Crippen molar-refractivity contribution in [2.45, 2.75) is 13.0 Å². The molecule has 2 rings (SSSR count). The maximum atomic E-state index is 9.17. The van der Waals surface area contributed by atoms with E-state index in [2.05, 4.69) is 0 Å². The average Bonchev–Trinajstić information content (AvgIpc) is 2.46. The molecule has 0 saturated heterocycles. The van der Waals surface area contributed by atoms with E-state index in [4.69, 9.17) is 32.5 Å². The molecule has 0 aromatic heterocycles. The van der Waals surface area contributed by atoms with Gasteiger partial charge in [0.25, 0.3) is 0 Å². The van der Waals surface area contributed by atoms with Crippen molar-refractivity contribution in [1.82, 2.24) is 4.90 Å². The molecule has 0 aliphatic carbocycles. The summed E-state index contributed by atoms with van der Waals surface area (Å²) in [7, 11) is 0. The molecule has 0 saturated carbocycles. The molecule has 0 amide bonds. The highest BCUT2D eigenvalue weighted by molar-refractivity contribution is 7.80. The first-order valence-corrected chi connectivity index (χ1v) is 7.12. The molecule has 3 N–H and O–H groups in total. The Hall–Kier alpha value is -1.37. The fraction of sp³-hybridized carbons (Fsp3) is 0.500. The van der Waals surface area contributed by atoms with Gasteiger partial charge in [-0.15, -0.1) is 0 Å². The van der Waals surface area contributed by atoms with Crippen molar-refractivity contribution < 1.29 is 14.6 Å². The van der Waals surface area contributed by atoms with Gasteiger partial charge in [0, 0.05) is 6.54 Å². The van der Waals surface area contributed by atoms with Crippen molar-refractivity contribution in [3.05, 3.63) is 23.8 Å². The van der Waals surface area contributed by atoms with Gasteiger partial charge in [0.15, 0.2) is 11.5 Å². The van der Waals surface area contributed by atoms with Crippen LogP contribution in [0, 0.1) is 0 Å². The molecule has 0 spiro atoms. The average molecular weight is 296 g/mol. The van der Waals surface area contributed by atoms with Crippen LogP contribution in [0.3, 0.4) is 0 Å². The molecule has 0 bridgehead atoms. The van der Waals surface area contributed by atoms with E-state index in [1.165, 1.54) is 0 Å². The first-order chi connectivity index (χ1) is 9.67. The number of thiocarbonyl (C=S) groups is 1. The molecule has 110 valence electrons. The summed E-state index contributed by atoms with van der Waals surface area (Å²) in [6.07, 6.45) is 0. The lowest BCUT2D eigenvalue weighted by molar-refractivity contribution is 0.169. The topological polar surface area (TPSA) is 68.0 Å².